The lowest BCUT2D eigenvalue weighted by atomic mass is 10.00. The summed E-state index contributed by atoms with van der Waals surface area (Å²) in [6.07, 6.45) is -1.45. The van der Waals surface area contributed by atoms with Gasteiger partial charge in [0.1, 0.15) is 0 Å². The van der Waals surface area contributed by atoms with Gasteiger partial charge in [-0.15, -0.1) is 0 Å². The lowest BCUT2D eigenvalue weighted by Crippen LogP contribution is -2.43. The highest BCUT2D eigenvalue weighted by Gasteiger charge is 2.47. The van der Waals surface area contributed by atoms with Crippen molar-refractivity contribution in [3.63, 3.8) is 0 Å². The van der Waals surface area contributed by atoms with Gasteiger partial charge >= 0.3 is 6.09 Å². The molecular formula is C31H27N3O4. The largest absolute Gasteiger partial charge is 0.438 e. The third kappa shape index (κ3) is 5.57. The average Bonchev–Trinajstić information content (AvgIpc) is 3.26. The van der Waals surface area contributed by atoms with Gasteiger partial charge in [0.2, 0.25) is 0 Å². The van der Waals surface area contributed by atoms with Crippen molar-refractivity contribution in [1.82, 2.24) is 4.90 Å². The molecule has 1 aliphatic heterocycles. The van der Waals surface area contributed by atoms with Crippen molar-refractivity contribution in [2.24, 2.45) is 0 Å². The Hall–Kier alpha value is -4.91. The molecule has 0 unspecified atom stereocenters. The molecule has 1 aliphatic rings. The number of carbonyl (C=O) groups is 3. The number of amides is 3. The number of carbonyl (C=O) groups excluding carboxylic acids is 3. The quantitative estimate of drug-likeness (QED) is 0.325. The molecule has 0 aliphatic carbocycles. The molecule has 0 saturated carbocycles. The molecule has 4 aromatic rings. The minimum atomic E-state index is -0.925. The Morgan fingerprint density at radius 3 is 2.16 bits per heavy atom. The molecule has 5 rings (SSSR count). The summed E-state index contributed by atoms with van der Waals surface area (Å²) in [6.45, 7) is 2.17. The first kappa shape index (κ1) is 24.8. The maximum absolute atomic E-state index is 13.6. The number of aryl methyl sites for hydroxylation is 1. The number of para-hydroxylation sites is 1. The summed E-state index contributed by atoms with van der Waals surface area (Å²) in [7, 11) is 0. The van der Waals surface area contributed by atoms with Crippen LogP contribution in [0.5, 0.6) is 0 Å². The molecule has 38 heavy (non-hydrogen) atoms. The van der Waals surface area contributed by atoms with Gasteiger partial charge in [0, 0.05) is 16.9 Å². The van der Waals surface area contributed by atoms with E-state index in [2.05, 4.69) is 10.6 Å². The van der Waals surface area contributed by atoms with Gasteiger partial charge in [0.05, 0.1) is 6.54 Å². The van der Waals surface area contributed by atoms with E-state index in [0.717, 1.165) is 11.1 Å². The van der Waals surface area contributed by atoms with Crippen molar-refractivity contribution < 1.29 is 19.1 Å². The maximum Gasteiger partial charge on any atom is 0.411 e. The summed E-state index contributed by atoms with van der Waals surface area (Å²) in [6, 6.07) is 31.9. The Labute approximate surface area is 221 Å². The lowest BCUT2D eigenvalue weighted by Gasteiger charge is -2.24. The van der Waals surface area contributed by atoms with Crippen LogP contribution in [0.4, 0.5) is 16.2 Å². The van der Waals surface area contributed by atoms with E-state index < -0.39 is 18.2 Å². The van der Waals surface area contributed by atoms with E-state index in [1.807, 2.05) is 67.6 Å². The van der Waals surface area contributed by atoms with Crippen LogP contribution in [-0.4, -0.2) is 28.8 Å². The zero-order valence-corrected chi connectivity index (χ0v) is 20.8. The van der Waals surface area contributed by atoms with Crippen LogP contribution >= 0.6 is 0 Å². The van der Waals surface area contributed by atoms with Crippen LogP contribution in [0.25, 0.3) is 0 Å². The molecule has 4 aromatic carbocycles. The minimum Gasteiger partial charge on any atom is -0.438 e. The molecule has 3 amide bonds. The molecular weight excluding hydrogens is 478 g/mol. The molecule has 7 nitrogen and oxygen atoms in total. The van der Waals surface area contributed by atoms with Crippen LogP contribution in [0.3, 0.4) is 0 Å². The molecule has 1 fully saturated rings. The summed E-state index contributed by atoms with van der Waals surface area (Å²) in [5.41, 5.74) is 4.22. The van der Waals surface area contributed by atoms with Crippen LogP contribution in [0.15, 0.2) is 109 Å². The Bertz CT molecular complexity index is 1440. The zero-order chi connectivity index (χ0) is 26.5. The van der Waals surface area contributed by atoms with Gasteiger partial charge in [-0.3, -0.25) is 14.5 Å². The van der Waals surface area contributed by atoms with E-state index >= 15 is 0 Å². The molecule has 0 bridgehead atoms. The summed E-state index contributed by atoms with van der Waals surface area (Å²) in [5.74, 6) is -0.619. The van der Waals surface area contributed by atoms with Crippen LogP contribution in [-0.2, 0) is 16.1 Å². The molecule has 0 radical (unpaired) electrons. The predicted octanol–water partition coefficient (Wildman–Crippen LogP) is 5.95. The van der Waals surface area contributed by atoms with Gasteiger partial charge in [0.25, 0.3) is 11.8 Å². The fourth-order valence-corrected chi connectivity index (χ4v) is 4.43. The second-order valence-electron chi connectivity index (χ2n) is 9.16. The average molecular weight is 506 g/mol. The normalized spacial score (nSPS) is 16.6. The molecule has 0 spiro atoms. The van der Waals surface area contributed by atoms with Gasteiger partial charge in [-0.2, -0.15) is 0 Å². The number of nitrogens with zero attached hydrogens (tertiary/aromatic N) is 1. The first-order valence-corrected chi connectivity index (χ1v) is 12.3. The fourth-order valence-electron chi connectivity index (χ4n) is 4.43. The number of anilines is 2. The standard InChI is InChI=1S/C31H27N3O4/c1-21-15-17-23(18-16-21)29(35)33-26-14-8-11-24(19-26)28-27(30(36)32-25-12-6-3-7-13-25)34(31(37)38-28)20-22-9-4-2-5-10-22/h2-19,27-28H,20H2,1H3,(H,32,36)(H,33,35)/t27-,28+/m0/s1. The highest BCUT2D eigenvalue weighted by atomic mass is 16.6. The summed E-state index contributed by atoms with van der Waals surface area (Å²) in [4.78, 5) is 40.8. The van der Waals surface area contributed by atoms with Crippen LogP contribution < -0.4 is 10.6 Å². The fraction of sp³-hybridized carbons (Fsp3) is 0.129. The van der Waals surface area contributed by atoms with Gasteiger partial charge < -0.3 is 15.4 Å². The van der Waals surface area contributed by atoms with Crippen molar-refractivity contribution in [2.75, 3.05) is 10.6 Å². The Morgan fingerprint density at radius 2 is 1.45 bits per heavy atom. The number of hydrogen-bond donors (Lipinski definition) is 2. The van der Waals surface area contributed by atoms with Gasteiger partial charge in [-0.05, 0) is 54.4 Å². The summed E-state index contributed by atoms with van der Waals surface area (Å²) < 4.78 is 5.77. The topological polar surface area (TPSA) is 87.7 Å². The minimum absolute atomic E-state index is 0.215. The van der Waals surface area contributed by atoms with Gasteiger partial charge in [-0.1, -0.05) is 78.4 Å². The van der Waals surface area contributed by atoms with Gasteiger partial charge in [0.15, 0.2) is 12.1 Å². The third-order valence-electron chi connectivity index (χ3n) is 6.38. The van der Waals surface area contributed by atoms with E-state index in [-0.39, 0.29) is 18.4 Å². The van der Waals surface area contributed by atoms with Crippen molar-refractivity contribution in [3.8, 4) is 0 Å². The first-order valence-electron chi connectivity index (χ1n) is 12.3. The summed E-state index contributed by atoms with van der Waals surface area (Å²) in [5, 5.41) is 5.80. The van der Waals surface area contributed by atoms with Crippen molar-refractivity contribution in [2.45, 2.75) is 25.6 Å². The smallest absolute Gasteiger partial charge is 0.411 e. The number of ether oxygens (including phenoxy) is 1. The van der Waals surface area contributed by atoms with E-state index in [1.54, 1.807) is 48.5 Å². The van der Waals surface area contributed by atoms with E-state index in [4.69, 9.17) is 4.74 Å². The highest BCUT2D eigenvalue weighted by molar-refractivity contribution is 6.04. The number of benzene rings is 4. The number of cyclic esters (lactones) is 1. The van der Waals surface area contributed by atoms with E-state index in [0.29, 0.717) is 22.5 Å². The SMILES string of the molecule is Cc1ccc(C(=O)Nc2cccc([C@H]3OC(=O)N(Cc4ccccc4)[C@@H]3C(=O)Nc3ccccc3)c2)cc1. The number of nitrogens with one attached hydrogen (secondary N) is 2. The highest BCUT2D eigenvalue weighted by Crippen LogP contribution is 2.35. The van der Waals surface area contributed by atoms with Crippen molar-refractivity contribution in [3.05, 3.63) is 131 Å². The molecule has 2 N–H and O–H groups in total. The molecule has 7 heteroatoms. The summed E-state index contributed by atoms with van der Waals surface area (Å²) >= 11 is 0. The molecule has 1 saturated heterocycles. The molecule has 2 atom stereocenters. The monoisotopic (exact) mass is 505 g/mol. The Kier molecular flexibility index (Phi) is 7.17. The third-order valence-corrected chi connectivity index (χ3v) is 6.38. The van der Waals surface area contributed by atoms with Crippen molar-refractivity contribution in [1.29, 1.82) is 0 Å². The number of rotatable bonds is 7. The first-order chi connectivity index (χ1) is 18.5. The predicted molar refractivity (Wildman–Crippen MR) is 146 cm³/mol. The lowest BCUT2D eigenvalue weighted by molar-refractivity contribution is -0.121. The molecule has 190 valence electrons. The Morgan fingerprint density at radius 1 is 0.789 bits per heavy atom. The van der Waals surface area contributed by atoms with Gasteiger partial charge in [-0.25, -0.2) is 4.79 Å². The van der Waals surface area contributed by atoms with E-state index in [9.17, 15) is 14.4 Å². The second kappa shape index (κ2) is 11.0. The van der Waals surface area contributed by atoms with Crippen LogP contribution in [0.1, 0.15) is 33.2 Å². The van der Waals surface area contributed by atoms with E-state index in [1.165, 1.54) is 4.90 Å². The molecule has 0 aromatic heterocycles. The zero-order valence-electron chi connectivity index (χ0n) is 20.8. The second-order valence-corrected chi connectivity index (χ2v) is 9.16. The molecule has 1 heterocycles. The van der Waals surface area contributed by atoms with Crippen molar-refractivity contribution >= 4 is 29.3 Å². The number of hydrogen-bond acceptors (Lipinski definition) is 4. The van der Waals surface area contributed by atoms with Crippen LogP contribution in [0, 0.1) is 6.92 Å². The maximum atomic E-state index is 13.6. The Balaban J connectivity index is 1.42. The van der Waals surface area contributed by atoms with Crippen LogP contribution in [0.2, 0.25) is 0 Å².